The predicted octanol–water partition coefficient (Wildman–Crippen LogP) is 5.42. The van der Waals surface area contributed by atoms with Gasteiger partial charge in [0.25, 0.3) is 0 Å². The summed E-state index contributed by atoms with van der Waals surface area (Å²) in [5, 5.41) is 1.52. The second-order valence-corrected chi connectivity index (χ2v) is 9.33. The third kappa shape index (κ3) is 4.49. The van der Waals surface area contributed by atoms with Gasteiger partial charge in [-0.25, -0.2) is 14.8 Å². The number of carbonyl (C=O) groups is 1. The lowest BCUT2D eigenvalue weighted by molar-refractivity contribution is -0.0644. The lowest BCUT2D eigenvalue weighted by Crippen LogP contribution is -2.48. The van der Waals surface area contributed by atoms with Gasteiger partial charge in [-0.15, -0.1) is 0 Å². The Balaban J connectivity index is 1.65. The number of halogens is 2. The molecule has 0 spiro atoms. The highest BCUT2D eigenvalue weighted by molar-refractivity contribution is 6.36. The zero-order valence-electron chi connectivity index (χ0n) is 17.8. The van der Waals surface area contributed by atoms with Crippen molar-refractivity contribution >= 4 is 40.3 Å². The maximum atomic E-state index is 12.8. The number of hydrogen-bond donors (Lipinski definition) is 0. The molecule has 2 aromatic heterocycles. The molecule has 1 amide bonds. The molecule has 0 bridgehead atoms. The minimum absolute atomic E-state index is 0.0579. The Labute approximate surface area is 190 Å². The van der Waals surface area contributed by atoms with Gasteiger partial charge in [0.2, 0.25) is 0 Å². The van der Waals surface area contributed by atoms with E-state index in [0.717, 1.165) is 11.3 Å². The van der Waals surface area contributed by atoms with E-state index < -0.39 is 5.60 Å². The molecule has 9 heteroatoms. The first-order valence-electron chi connectivity index (χ1n) is 10.0. The first kappa shape index (κ1) is 21.9. The highest BCUT2D eigenvalue weighted by Gasteiger charge is 2.34. The predicted molar refractivity (Wildman–Crippen MR) is 120 cm³/mol. The number of benzene rings is 1. The molecule has 164 valence electrons. The minimum atomic E-state index is -0.567. The lowest BCUT2D eigenvalue weighted by atomic mass is 10.0. The van der Waals surface area contributed by atoms with E-state index in [-0.39, 0.29) is 18.2 Å². The fraction of sp³-hybridized carbons (Fsp3) is 0.409. The Morgan fingerprint density at radius 2 is 1.90 bits per heavy atom. The number of nitrogens with zero attached hydrogens (tertiary/aromatic N) is 4. The van der Waals surface area contributed by atoms with Gasteiger partial charge in [0.1, 0.15) is 22.2 Å². The largest absolute Gasteiger partial charge is 0.444 e. The van der Waals surface area contributed by atoms with Gasteiger partial charge in [0.05, 0.1) is 30.7 Å². The number of ether oxygens (including phenoxy) is 2. The first-order chi connectivity index (χ1) is 14.6. The minimum Gasteiger partial charge on any atom is -0.444 e. The van der Waals surface area contributed by atoms with Gasteiger partial charge in [-0.3, -0.25) is 9.47 Å². The molecule has 2 atom stereocenters. The molecule has 3 aromatic rings. The van der Waals surface area contributed by atoms with E-state index in [1.54, 1.807) is 15.5 Å². The molecule has 1 aromatic carbocycles. The summed E-state index contributed by atoms with van der Waals surface area (Å²) in [5.41, 5.74) is 1.83. The summed E-state index contributed by atoms with van der Waals surface area (Å²) in [7, 11) is 0. The zero-order chi connectivity index (χ0) is 22.3. The van der Waals surface area contributed by atoms with Crippen LogP contribution < -0.4 is 0 Å². The number of hydrogen-bond acceptors (Lipinski definition) is 5. The van der Waals surface area contributed by atoms with Gasteiger partial charge in [0, 0.05) is 5.69 Å². The molecule has 3 heterocycles. The molecule has 1 aliphatic rings. The third-order valence-electron chi connectivity index (χ3n) is 5.04. The van der Waals surface area contributed by atoms with Gasteiger partial charge in [-0.05, 0) is 51.5 Å². The van der Waals surface area contributed by atoms with E-state index >= 15 is 0 Å². The van der Waals surface area contributed by atoms with E-state index in [1.807, 2.05) is 52.0 Å². The third-order valence-corrected chi connectivity index (χ3v) is 5.62. The molecule has 7 nitrogen and oxygen atoms in total. The monoisotopic (exact) mass is 462 g/mol. The van der Waals surface area contributed by atoms with Gasteiger partial charge in [-0.2, -0.15) is 0 Å². The van der Waals surface area contributed by atoms with E-state index in [1.165, 1.54) is 6.33 Å². The Bertz CT molecular complexity index is 1110. The number of aromatic nitrogens is 3. The van der Waals surface area contributed by atoms with Gasteiger partial charge in [0.15, 0.2) is 5.65 Å². The normalized spacial score (nSPS) is 19.6. The number of amides is 1. The molecule has 1 aliphatic heterocycles. The maximum absolute atomic E-state index is 12.8. The fourth-order valence-electron chi connectivity index (χ4n) is 3.64. The van der Waals surface area contributed by atoms with Crippen LogP contribution >= 0.6 is 23.2 Å². The average molecular weight is 463 g/mol. The summed E-state index contributed by atoms with van der Waals surface area (Å²) >= 11 is 12.6. The molecule has 0 aliphatic carbocycles. The van der Waals surface area contributed by atoms with Crippen LogP contribution in [0.1, 0.15) is 39.3 Å². The van der Waals surface area contributed by atoms with Gasteiger partial charge < -0.3 is 9.47 Å². The number of morpholine rings is 1. The SMILES string of the molecule is C[C@@H]1CN(C(=O)OC(C)(C)C)[C@H](c2ccc(-n3c(Cl)cc4c(Cl)ncnc43)cc2)CO1. The first-order valence-corrected chi connectivity index (χ1v) is 10.8. The summed E-state index contributed by atoms with van der Waals surface area (Å²) in [6, 6.07) is 9.29. The van der Waals surface area contributed by atoms with Gasteiger partial charge in [-0.1, -0.05) is 35.3 Å². The molecule has 1 saturated heterocycles. The van der Waals surface area contributed by atoms with Crippen molar-refractivity contribution in [2.75, 3.05) is 13.2 Å². The molecular weight excluding hydrogens is 439 g/mol. The van der Waals surface area contributed by atoms with Crippen molar-refractivity contribution in [1.29, 1.82) is 0 Å². The summed E-state index contributed by atoms with van der Waals surface area (Å²) in [5.74, 6) is 0. The van der Waals surface area contributed by atoms with Crippen LogP contribution in [0.5, 0.6) is 0 Å². The van der Waals surface area contributed by atoms with Crippen LogP contribution in [0.25, 0.3) is 16.7 Å². The highest BCUT2D eigenvalue weighted by Crippen LogP contribution is 2.32. The van der Waals surface area contributed by atoms with Crippen LogP contribution in [0.15, 0.2) is 36.7 Å². The van der Waals surface area contributed by atoms with Crippen molar-refractivity contribution in [3.8, 4) is 5.69 Å². The molecule has 0 radical (unpaired) electrons. The zero-order valence-corrected chi connectivity index (χ0v) is 19.3. The maximum Gasteiger partial charge on any atom is 0.410 e. The van der Waals surface area contributed by atoms with Crippen LogP contribution in [-0.4, -0.2) is 50.4 Å². The van der Waals surface area contributed by atoms with Crippen LogP contribution in [0, 0.1) is 0 Å². The summed E-state index contributed by atoms with van der Waals surface area (Å²) < 4.78 is 13.3. The van der Waals surface area contributed by atoms with Crippen LogP contribution in [0.2, 0.25) is 10.3 Å². The van der Waals surface area contributed by atoms with Crippen molar-refractivity contribution in [3.05, 3.63) is 52.5 Å². The van der Waals surface area contributed by atoms with E-state index in [0.29, 0.717) is 34.5 Å². The van der Waals surface area contributed by atoms with Crippen LogP contribution in [0.3, 0.4) is 0 Å². The van der Waals surface area contributed by atoms with Gasteiger partial charge >= 0.3 is 6.09 Å². The quantitative estimate of drug-likeness (QED) is 0.475. The summed E-state index contributed by atoms with van der Waals surface area (Å²) in [6.07, 6.45) is 1.01. The van der Waals surface area contributed by atoms with Crippen molar-refractivity contribution in [3.63, 3.8) is 0 Å². The Kier molecular flexibility index (Phi) is 5.85. The fourth-order valence-corrected chi connectivity index (χ4v) is 4.11. The van der Waals surface area contributed by atoms with Crippen molar-refractivity contribution in [1.82, 2.24) is 19.4 Å². The standard InChI is InChI=1S/C22H24Cl2N4O3/c1-13-10-27(21(29)31-22(2,3)4)17(11-30-13)14-5-7-15(8-6-14)28-18(23)9-16-19(24)25-12-26-20(16)28/h5-9,12-13,17H,10-11H2,1-4H3/t13-,17+/m1/s1. The molecule has 0 saturated carbocycles. The molecule has 0 unspecified atom stereocenters. The van der Waals surface area contributed by atoms with Crippen LogP contribution in [0.4, 0.5) is 4.79 Å². The van der Waals surface area contributed by atoms with E-state index in [9.17, 15) is 4.79 Å². The van der Waals surface area contributed by atoms with Crippen LogP contribution in [-0.2, 0) is 9.47 Å². The number of fused-ring (bicyclic) bond motifs is 1. The number of rotatable bonds is 2. The van der Waals surface area contributed by atoms with E-state index in [2.05, 4.69) is 9.97 Å². The lowest BCUT2D eigenvalue weighted by Gasteiger charge is -2.39. The Hall–Kier alpha value is -2.35. The molecule has 1 fully saturated rings. The van der Waals surface area contributed by atoms with Crippen molar-refractivity contribution in [2.45, 2.75) is 45.4 Å². The summed E-state index contributed by atoms with van der Waals surface area (Å²) in [4.78, 5) is 22.9. The topological polar surface area (TPSA) is 69.5 Å². The second kappa shape index (κ2) is 8.30. The highest BCUT2D eigenvalue weighted by atomic mass is 35.5. The van der Waals surface area contributed by atoms with Crippen molar-refractivity contribution < 1.29 is 14.3 Å². The average Bonchev–Trinajstić information content (AvgIpc) is 3.04. The smallest absolute Gasteiger partial charge is 0.410 e. The summed E-state index contributed by atoms with van der Waals surface area (Å²) in [6.45, 7) is 8.39. The Morgan fingerprint density at radius 1 is 1.19 bits per heavy atom. The molecule has 4 rings (SSSR count). The molecule has 31 heavy (non-hydrogen) atoms. The number of carbonyl (C=O) groups excluding carboxylic acids is 1. The Morgan fingerprint density at radius 3 is 2.58 bits per heavy atom. The van der Waals surface area contributed by atoms with Crippen molar-refractivity contribution in [2.24, 2.45) is 0 Å². The van der Waals surface area contributed by atoms with E-state index in [4.69, 9.17) is 32.7 Å². The molecular formula is C22H24Cl2N4O3. The second-order valence-electron chi connectivity index (χ2n) is 8.59. The molecule has 0 N–H and O–H groups in total.